The minimum absolute atomic E-state index is 0.635. The summed E-state index contributed by atoms with van der Waals surface area (Å²) in [5.74, 6) is 1.71. The van der Waals surface area contributed by atoms with Gasteiger partial charge in [0.2, 0.25) is 0 Å². The molecule has 0 radical (unpaired) electrons. The number of rotatable bonds is 3. The summed E-state index contributed by atoms with van der Waals surface area (Å²) in [5, 5.41) is 0. The van der Waals surface area contributed by atoms with Crippen LogP contribution in [0.4, 0.5) is 0 Å². The Morgan fingerprint density at radius 2 is 1.88 bits per heavy atom. The van der Waals surface area contributed by atoms with Crippen molar-refractivity contribution < 1.29 is 0 Å². The van der Waals surface area contributed by atoms with Crippen LogP contribution in [0.15, 0.2) is 36.5 Å². The predicted molar refractivity (Wildman–Crippen MR) is 67.2 cm³/mol. The molecule has 2 aromatic rings. The summed E-state index contributed by atoms with van der Waals surface area (Å²) in [6, 6.07) is 10.4. The fourth-order valence-electron chi connectivity index (χ4n) is 1.90. The molecule has 1 aromatic carbocycles. The second kappa shape index (κ2) is 4.52. The van der Waals surface area contributed by atoms with Crippen LogP contribution in [0.3, 0.4) is 0 Å². The van der Waals surface area contributed by atoms with Crippen molar-refractivity contribution >= 4 is 0 Å². The van der Waals surface area contributed by atoms with Gasteiger partial charge < -0.3 is 4.57 Å². The number of imidazole rings is 1. The molecule has 0 unspecified atom stereocenters. The summed E-state index contributed by atoms with van der Waals surface area (Å²) in [5.41, 5.74) is 2.27. The maximum Gasteiger partial charge on any atom is 0.140 e. The molecule has 16 heavy (non-hydrogen) atoms. The first kappa shape index (κ1) is 10.9. The van der Waals surface area contributed by atoms with Crippen LogP contribution in [0.2, 0.25) is 0 Å². The van der Waals surface area contributed by atoms with Crippen molar-refractivity contribution in [3.05, 3.63) is 42.2 Å². The van der Waals surface area contributed by atoms with Crippen LogP contribution >= 0.6 is 0 Å². The number of hydrogen-bond donors (Lipinski definition) is 0. The molecule has 0 amide bonds. The molecule has 0 saturated heterocycles. The Morgan fingerprint density at radius 1 is 1.19 bits per heavy atom. The van der Waals surface area contributed by atoms with Gasteiger partial charge in [-0.1, -0.05) is 44.2 Å². The Bertz CT molecular complexity index is 455. The molecule has 0 fully saturated rings. The minimum Gasteiger partial charge on any atom is -0.330 e. The minimum atomic E-state index is 0.635. The summed E-state index contributed by atoms with van der Waals surface area (Å²) in [6.07, 6.45) is 2.13. The second-order valence-corrected chi connectivity index (χ2v) is 4.62. The Labute approximate surface area is 97.0 Å². The van der Waals surface area contributed by atoms with Crippen LogP contribution in [-0.2, 0) is 6.54 Å². The lowest BCUT2D eigenvalue weighted by Gasteiger charge is -2.09. The molecule has 1 heterocycles. The normalized spacial score (nSPS) is 11.0. The van der Waals surface area contributed by atoms with Crippen LogP contribution in [0, 0.1) is 12.8 Å². The Morgan fingerprint density at radius 3 is 2.50 bits per heavy atom. The average molecular weight is 214 g/mol. The summed E-state index contributed by atoms with van der Waals surface area (Å²) >= 11 is 0. The van der Waals surface area contributed by atoms with E-state index in [2.05, 4.69) is 53.9 Å². The molecule has 2 rings (SSSR count). The molecule has 2 nitrogen and oxygen atoms in total. The van der Waals surface area contributed by atoms with Gasteiger partial charge in [-0.3, -0.25) is 0 Å². The monoisotopic (exact) mass is 214 g/mol. The molecule has 0 bridgehead atoms. The molecule has 0 saturated carbocycles. The number of aromatic nitrogens is 2. The number of aryl methyl sites for hydroxylation is 1. The molecular weight excluding hydrogens is 196 g/mol. The fraction of sp³-hybridized carbons (Fsp3) is 0.357. The highest BCUT2D eigenvalue weighted by Crippen LogP contribution is 2.19. The van der Waals surface area contributed by atoms with E-state index in [1.54, 1.807) is 0 Å². The van der Waals surface area contributed by atoms with Gasteiger partial charge in [-0.25, -0.2) is 4.98 Å². The standard InChI is InChI=1S/C14H18N2/c1-11(2)9-16-10-12(3)15-14(16)13-7-5-4-6-8-13/h4-8,10-11H,9H2,1-3H3. The highest BCUT2D eigenvalue weighted by Gasteiger charge is 2.08. The molecule has 0 atom stereocenters. The van der Waals surface area contributed by atoms with Crippen LogP contribution < -0.4 is 0 Å². The van der Waals surface area contributed by atoms with Gasteiger partial charge in [0, 0.05) is 18.3 Å². The van der Waals surface area contributed by atoms with E-state index in [-0.39, 0.29) is 0 Å². The van der Waals surface area contributed by atoms with Crippen molar-refractivity contribution in [2.75, 3.05) is 0 Å². The highest BCUT2D eigenvalue weighted by molar-refractivity contribution is 5.55. The summed E-state index contributed by atoms with van der Waals surface area (Å²) < 4.78 is 2.25. The lowest BCUT2D eigenvalue weighted by Crippen LogP contribution is -2.04. The molecule has 1 aromatic heterocycles. The maximum atomic E-state index is 4.60. The zero-order valence-electron chi connectivity index (χ0n) is 10.1. The first-order chi connectivity index (χ1) is 7.66. The summed E-state index contributed by atoms with van der Waals surface area (Å²) in [7, 11) is 0. The molecule has 84 valence electrons. The Kier molecular flexibility index (Phi) is 3.09. The Hall–Kier alpha value is -1.57. The van der Waals surface area contributed by atoms with E-state index < -0.39 is 0 Å². The topological polar surface area (TPSA) is 17.8 Å². The smallest absolute Gasteiger partial charge is 0.140 e. The third-order valence-electron chi connectivity index (χ3n) is 2.49. The van der Waals surface area contributed by atoms with E-state index in [1.165, 1.54) is 5.56 Å². The van der Waals surface area contributed by atoms with Gasteiger partial charge >= 0.3 is 0 Å². The third-order valence-corrected chi connectivity index (χ3v) is 2.49. The molecule has 0 aliphatic rings. The van der Waals surface area contributed by atoms with Crippen LogP contribution in [0.25, 0.3) is 11.4 Å². The summed E-state index contributed by atoms with van der Waals surface area (Å²) in [6.45, 7) is 7.52. The zero-order valence-corrected chi connectivity index (χ0v) is 10.1. The van der Waals surface area contributed by atoms with Crippen LogP contribution in [0.5, 0.6) is 0 Å². The zero-order chi connectivity index (χ0) is 11.5. The van der Waals surface area contributed by atoms with Gasteiger partial charge in [-0.2, -0.15) is 0 Å². The maximum absolute atomic E-state index is 4.60. The first-order valence-corrected chi connectivity index (χ1v) is 5.76. The fourth-order valence-corrected chi connectivity index (χ4v) is 1.90. The third kappa shape index (κ3) is 2.32. The van der Waals surface area contributed by atoms with Gasteiger partial charge in [-0.05, 0) is 12.8 Å². The van der Waals surface area contributed by atoms with Crippen molar-refractivity contribution in [1.82, 2.24) is 9.55 Å². The average Bonchev–Trinajstić information content (AvgIpc) is 2.60. The first-order valence-electron chi connectivity index (χ1n) is 5.76. The van der Waals surface area contributed by atoms with Crippen molar-refractivity contribution in [3.8, 4) is 11.4 Å². The van der Waals surface area contributed by atoms with E-state index in [1.807, 2.05) is 13.0 Å². The van der Waals surface area contributed by atoms with Crippen LogP contribution in [0.1, 0.15) is 19.5 Å². The summed E-state index contributed by atoms with van der Waals surface area (Å²) in [4.78, 5) is 4.60. The quantitative estimate of drug-likeness (QED) is 0.764. The van der Waals surface area contributed by atoms with E-state index >= 15 is 0 Å². The van der Waals surface area contributed by atoms with Gasteiger partial charge in [-0.15, -0.1) is 0 Å². The SMILES string of the molecule is Cc1cn(CC(C)C)c(-c2ccccc2)n1. The molecule has 0 aliphatic heterocycles. The van der Waals surface area contributed by atoms with E-state index in [0.717, 1.165) is 18.1 Å². The number of hydrogen-bond acceptors (Lipinski definition) is 1. The second-order valence-electron chi connectivity index (χ2n) is 4.62. The largest absolute Gasteiger partial charge is 0.330 e. The molecule has 0 aliphatic carbocycles. The predicted octanol–water partition coefficient (Wildman–Crippen LogP) is 3.51. The van der Waals surface area contributed by atoms with E-state index in [4.69, 9.17) is 0 Å². The van der Waals surface area contributed by atoms with Gasteiger partial charge in [0.05, 0.1) is 5.69 Å². The van der Waals surface area contributed by atoms with Crippen molar-refractivity contribution in [3.63, 3.8) is 0 Å². The van der Waals surface area contributed by atoms with E-state index in [9.17, 15) is 0 Å². The lowest BCUT2D eigenvalue weighted by atomic mass is 10.2. The molecule has 2 heteroatoms. The van der Waals surface area contributed by atoms with Crippen molar-refractivity contribution in [2.24, 2.45) is 5.92 Å². The van der Waals surface area contributed by atoms with E-state index in [0.29, 0.717) is 5.92 Å². The highest BCUT2D eigenvalue weighted by atomic mass is 15.1. The number of benzene rings is 1. The van der Waals surface area contributed by atoms with Crippen molar-refractivity contribution in [2.45, 2.75) is 27.3 Å². The van der Waals surface area contributed by atoms with Gasteiger partial charge in [0.25, 0.3) is 0 Å². The number of nitrogens with zero attached hydrogens (tertiary/aromatic N) is 2. The molecule has 0 spiro atoms. The lowest BCUT2D eigenvalue weighted by molar-refractivity contribution is 0.526. The van der Waals surface area contributed by atoms with Gasteiger partial charge in [0.15, 0.2) is 0 Å². The molecular formula is C14H18N2. The van der Waals surface area contributed by atoms with Crippen molar-refractivity contribution in [1.29, 1.82) is 0 Å². The molecule has 0 N–H and O–H groups in total. The van der Waals surface area contributed by atoms with Gasteiger partial charge in [0.1, 0.15) is 5.82 Å². The Balaban J connectivity index is 2.40. The van der Waals surface area contributed by atoms with Crippen LogP contribution in [-0.4, -0.2) is 9.55 Å².